The summed E-state index contributed by atoms with van der Waals surface area (Å²) in [6, 6.07) is 0. The van der Waals surface area contributed by atoms with Crippen LogP contribution in [0.1, 0.15) is 13.8 Å². The van der Waals surface area contributed by atoms with Crippen LogP contribution in [0.3, 0.4) is 0 Å². The van der Waals surface area contributed by atoms with Gasteiger partial charge in [-0.25, -0.2) is 0 Å². The van der Waals surface area contributed by atoms with E-state index in [0.29, 0.717) is 5.76 Å². The summed E-state index contributed by atoms with van der Waals surface area (Å²) in [5, 5.41) is 9.93. The Balaban J connectivity index is 2.53. The molecule has 2 N–H and O–H groups in total. The lowest BCUT2D eigenvalue weighted by molar-refractivity contribution is -0.144. The van der Waals surface area contributed by atoms with Crippen LogP contribution in [0, 0.1) is 5.41 Å². The number of aliphatic hydroxyl groups is 1. The minimum atomic E-state index is -4.29. The number of halogens is 3. The molecule has 0 bridgehead atoms. The molecule has 7 heteroatoms. The summed E-state index contributed by atoms with van der Waals surface area (Å²) in [5.74, 6) is 0.319. The minimum absolute atomic E-state index is 0.0610. The molecule has 0 aromatic heterocycles. The number of hydrazine groups is 1. The van der Waals surface area contributed by atoms with Gasteiger partial charge < -0.3 is 15.3 Å². The molecule has 0 unspecified atom stereocenters. The van der Waals surface area contributed by atoms with Crippen LogP contribution in [-0.2, 0) is 4.74 Å². The van der Waals surface area contributed by atoms with E-state index >= 15 is 0 Å². The van der Waals surface area contributed by atoms with Gasteiger partial charge in [0, 0.05) is 11.6 Å². The van der Waals surface area contributed by atoms with E-state index < -0.39 is 18.1 Å². The first-order valence-electron chi connectivity index (χ1n) is 5.43. The normalized spacial score (nSPS) is 16.3. The van der Waals surface area contributed by atoms with Gasteiger partial charge in [0.25, 0.3) is 0 Å². The monoisotopic (exact) mass is 266 g/mol. The summed E-state index contributed by atoms with van der Waals surface area (Å²) in [7, 11) is 0. The van der Waals surface area contributed by atoms with Crippen LogP contribution >= 0.6 is 0 Å². The fourth-order valence-corrected chi connectivity index (χ4v) is 1.14. The SMILES string of the molecule is CC(C)(CO)COC1=CN(CC(F)(F)F)NC=C1. The molecule has 0 amide bonds. The molecule has 0 aromatic rings. The second kappa shape index (κ2) is 5.51. The summed E-state index contributed by atoms with van der Waals surface area (Å²) in [6.45, 7) is 2.65. The van der Waals surface area contributed by atoms with Gasteiger partial charge in [0.1, 0.15) is 12.3 Å². The quantitative estimate of drug-likeness (QED) is 0.796. The average molecular weight is 266 g/mol. The number of alkyl halides is 3. The molecule has 1 heterocycles. The predicted molar refractivity (Wildman–Crippen MR) is 59.9 cm³/mol. The molecule has 0 saturated heterocycles. The van der Waals surface area contributed by atoms with Crippen molar-refractivity contribution in [2.45, 2.75) is 20.0 Å². The maximum atomic E-state index is 12.2. The summed E-state index contributed by atoms with van der Waals surface area (Å²) < 4.78 is 41.9. The molecule has 0 saturated carbocycles. The maximum absolute atomic E-state index is 12.2. The van der Waals surface area contributed by atoms with Crippen molar-refractivity contribution in [3.63, 3.8) is 0 Å². The summed E-state index contributed by atoms with van der Waals surface area (Å²) in [5.41, 5.74) is 2.01. The Hall–Kier alpha value is -1.37. The molecule has 18 heavy (non-hydrogen) atoms. The number of aliphatic hydroxyl groups excluding tert-OH is 1. The molecular weight excluding hydrogens is 249 g/mol. The topological polar surface area (TPSA) is 44.7 Å². The van der Waals surface area contributed by atoms with E-state index in [4.69, 9.17) is 9.84 Å². The third-order valence-corrected chi connectivity index (χ3v) is 2.18. The van der Waals surface area contributed by atoms with Crippen LogP contribution in [0.15, 0.2) is 24.2 Å². The highest BCUT2D eigenvalue weighted by Gasteiger charge is 2.30. The van der Waals surface area contributed by atoms with Gasteiger partial charge in [-0.15, -0.1) is 0 Å². The molecule has 0 aromatic carbocycles. The lowest BCUT2D eigenvalue weighted by atomic mass is 9.97. The standard InChI is InChI=1S/C11H17F3N2O2/c1-10(2,7-17)8-18-9-3-4-15-16(5-9)6-11(12,13)14/h3-5,15,17H,6-8H2,1-2H3. The fraction of sp³-hybridized carbons (Fsp3) is 0.636. The van der Waals surface area contributed by atoms with E-state index in [9.17, 15) is 13.2 Å². The van der Waals surface area contributed by atoms with Crippen molar-refractivity contribution in [1.29, 1.82) is 0 Å². The van der Waals surface area contributed by atoms with Crippen LogP contribution in [0.5, 0.6) is 0 Å². The molecule has 0 radical (unpaired) electrons. The molecule has 1 aliphatic heterocycles. The number of hydrogen-bond donors (Lipinski definition) is 2. The van der Waals surface area contributed by atoms with Crippen LogP contribution in [0.2, 0.25) is 0 Å². The Kier molecular flexibility index (Phi) is 4.50. The first-order chi connectivity index (χ1) is 8.22. The summed E-state index contributed by atoms with van der Waals surface area (Å²) in [6.07, 6.45) is -0.154. The van der Waals surface area contributed by atoms with Crippen LogP contribution in [0.25, 0.3) is 0 Å². The average Bonchev–Trinajstić information content (AvgIpc) is 2.25. The molecule has 0 atom stereocenters. The van der Waals surface area contributed by atoms with E-state index in [1.165, 1.54) is 18.5 Å². The van der Waals surface area contributed by atoms with Crippen LogP contribution in [0.4, 0.5) is 13.2 Å². The fourth-order valence-electron chi connectivity index (χ4n) is 1.14. The Labute approximate surface area is 104 Å². The number of rotatable bonds is 5. The number of allylic oxidation sites excluding steroid dienone is 1. The molecule has 0 spiro atoms. The Morgan fingerprint density at radius 2 is 2.06 bits per heavy atom. The van der Waals surface area contributed by atoms with Crippen molar-refractivity contribution < 1.29 is 23.0 Å². The Bertz CT molecular complexity index is 338. The van der Waals surface area contributed by atoms with Gasteiger partial charge in [0.2, 0.25) is 0 Å². The minimum Gasteiger partial charge on any atom is -0.491 e. The zero-order valence-corrected chi connectivity index (χ0v) is 10.3. The van der Waals surface area contributed by atoms with E-state index in [1.54, 1.807) is 13.8 Å². The van der Waals surface area contributed by atoms with E-state index in [0.717, 1.165) is 5.01 Å². The van der Waals surface area contributed by atoms with Crippen molar-refractivity contribution in [2.75, 3.05) is 19.8 Å². The first kappa shape index (κ1) is 14.7. The smallest absolute Gasteiger partial charge is 0.407 e. The van der Waals surface area contributed by atoms with E-state index in [-0.39, 0.29) is 13.2 Å². The van der Waals surface area contributed by atoms with Gasteiger partial charge in [-0.3, -0.25) is 5.01 Å². The number of ether oxygens (including phenoxy) is 1. The lowest BCUT2D eigenvalue weighted by Gasteiger charge is -2.27. The molecule has 1 aliphatic rings. The van der Waals surface area contributed by atoms with Crippen molar-refractivity contribution >= 4 is 0 Å². The highest BCUT2D eigenvalue weighted by atomic mass is 19.4. The van der Waals surface area contributed by atoms with Crippen molar-refractivity contribution in [3.05, 3.63) is 24.2 Å². The third kappa shape index (κ3) is 5.31. The van der Waals surface area contributed by atoms with Crippen molar-refractivity contribution in [2.24, 2.45) is 5.41 Å². The molecule has 1 rings (SSSR count). The number of nitrogens with one attached hydrogen (secondary N) is 1. The third-order valence-electron chi connectivity index (χ3n) is 2.18. The molecule has 4 nitrogen and oxygen atoms in total. The lowest BCUT2D eigenvalue weighted by Crippen LogP contribution is -2.39. The second-order valence-corrected chi connectivity index (χ2v) is 4.85. The van der Waals surface area contributed by atoms with Gasteiger partial charge in [0.05, 0.1) is 19.4 Å². The zero-order chi connectivity index (χ0) is 13.8. The van der Waals surface area contributed by atoms with Gasteiger partial charge in [0.15, 0.2) is 0 Å². The second-order valence-electron chi connectivity index (χ2n) is 4.85. The van der Waals surface area contributed by atoms with E-state index in [1.807, 2.05) is 0 Å². The Morgan fingerprint density at radius 1 is 1.39 bits per heavy atom. The van der Waals surface area contributed by atoms with Crippen molar-refractivity contribution in [1.82, 2.24) is 10.4 Å². The summed E-state index contributed by atoms with van der Waals surface area (Å²) >= 11 is 0. The number of hydrogen-bond acceptors (Lipinski definition) is 4. The molecule has 0 aliphatic carbocycles. The first-order valence-corrected chi connectivity index (χ1v) is 5.43. The van der Waals surface area contributed by atoms with Gasteiger partial charge >= 0.3 is 6.18 Å². The maximum Gasteiger partial charge on any atom is 0.407 e. The zero-order valence-electron chi connectivity index (χ0n) is 10.3. The van der Waals surface area contributed by atoms with Crippen LogP contribution in [-0.4, -0.2) is 36.1 Å². The van der Waals surface area contributed by atoms with Gasteiger partial charge in [-0.05, 0) is 6.08 Å². The van der Waals surface area contributed by atoms with Crippen molar-refractivity contribution in [3.8, 4) is 0 Å². The molecular formula is C11H17F3N2O2. The van der Waals surface area contributed by atoms with Gasteiger partial charge in [-0.1, -0.05) is 13.8 Å². The highest BCUT2D eigenvalue weighted by molar-refractivity contribution is 5.14. The van der Waals surface area contributed by atoms with Gasteiger partial charge in [-0.2, -0.15) is 13.2 Å². The molecule has 104 valence electrons. The predicted octanol–water partition coefficient (Wildman–Crippen LogP) is 1.76. The van der Waals surface area contributed by atoms with E-state index in [2.05, 4.69) is 5.43 Å². The highest BCUT2D eigenvalue weighted by Crippen LogP contribution is 2.20. The number of nitrogens with zero attached hydrogens (tertiary/aromatic N) is 1. The molecule has 0 fully saturated rings. The van der Waals surface area contributed by atoms with Crippen LogP contribution < -0.4 is 5.43 Å². The summed E-state index contributed by atoms with van der Waals surface area (Å²) in [4.78, 5) is 0. The Morgan fingerprint density at radius 3 is 2.61 bits per heavy atom. The largest absolute Gasteiger partial charge is 0.491 e.